The first-order valence-electron chi connectivity index (χ1n) is 5.71. The molecular weight excluding hydrogens is 238 g/mol. The predicted octanol–water partition coefficient (Wildman–Crippen LogP) is 0.170. The van der Waals surface area contributed by atoms with Gasteiger partial charge in [0.05, 0.1) is 13.2 Å². The summed E-state index contributed by atoms with van der Waals surface area (Å²) in [6.45, 7) is 4.48. The smallest absolute Gasteiger partial charge is 0.320 e. The van der Waals surface area contributed by atoms with E-state index in [0.717, 1.165) is 0 Å². The van der Waals surface area contributed by atoms with E-state index in [1.54, 1.807) is 17.9 Å². The Kier molecular flexibility index (Phi) is 9.48. The van der Waals surface area contributed by atoms with Crippen LogP contribution >= 0.6 is 0 Å². The molecule has 0 atom stereocenters. The zero-order chi connectivity index (χ0) is 13.8. The van der Waals surface area contributed by atoms with Crippen molar-refractivity contribution in [1.82, 2.24) is 4.90 Å². The number of carbonyl (C=O) groups is 3. The first-order chi connectivity index (χ1) is 8.60. The minimum Gasteiger partial charge on any atom is -0.465 e. The molecular formula is C12H19NO5. The van der Waals surface area contributed by atoms with Gasteiger partial charge in [-0.1, -0.05) is 6.08 Å². The molecule has 0 aromatic carbocycles. The Morgan fingerprint density at radius 1 is 1.28 bits per heavy atom. The van der Waals surface area contributed by atoms with E-state index >= 15 is 0 Å². The van der Waals surface area contributed by atoms with Gasteiger partial charge in [-0.15, -0.1) is 0 Å². The lowest BCUT2D eigenvalue weighted by Gasteiger charge is -2.19. The third-order valence-electron chi connectivity index (χ3n) is 1.95. The van der Waals surface area contributed by atoms with Crippen LogP contribution in [0.3, 0.4) is 0 Å². The summed E-state index contributed by atoms with van der Waals surface area (Å²) in [6, 6.07) is 0. The van der Waals surface area contributed by atoms with Gasteiger partial charge in [0.15, 0.2) is 0 Å². The van der Waals surface area contributed by atoms with Crippen LogP contribution in [0, 0.1) is 0 Å². The van der Waals surface area contributed by atoms with Gasteiger partial charge in [0.1, 0.15) is 12.9 Å². The summed E-state index contributed by atoms with van der Waals surface area (Å²) in [4.78, 5) is 33.8. The van der Waals surface area contributed by atoms with Crippen LogP contribution in [-0.2, 0) is 23.9 Å². The van der Waals surface area contributed by atoms with Crippen LogP contribution < -0.4 is 0 Å². The Balaban J connectivity index is 4.14. The van der Waals surface area contributed by atoms with Crippen LogP contribution in [0.5, 0.6) is 0 Å². The summed E-state index contributed by atoms with van der Waals surface area (Å²) in [6.07, 6.45) is 3.64. The van der Waals surface area contributed by atoms with Crippen molar-refractivity contribution in [3.8, 4) is 0 Å². The summed E-state index contributed by atoms with van der Waals surface area (Å²) in [5.74, 6) is -0.714. The number of aldehydes is 1. The Morgan fingerprint density at radius 2 is 2.00 bits per heavy atom. The topological polar surface area (TPSA) is 72.9 Å². The molecule has 0 spiro atoms. The van der Waals surface area contributed by atoms with Crippen molar-refractivity contribution in [2.24, 2.45) is 0 Å². The first-order valence-corrected chi connectivity index (χ1v) is 5.71. The summed E-state index contributed by atoms with van der Waals surface area (Å²) in [7, 11) is 0. The van der Waals surface area contributed by atoms with Gasteiger partial charge in [-0.3, -0.25) is 19.3 Å². The Labute approximate surface area is 107 Å². The highest BCUT2D eigenvalue weighted by Crippen LogP contribution is 1.92. The highest BCUT2D eigenvalue weighted by atomic mass is 16.5. The van der Waals surface area contributed by atoms with Crippen molar-refractivity contribution in [3.63, 3.8) is 0 Å². The fourth-order valence-corrected chi connectivity index (χ4v) is 1.21. The molecule has 0 heterocycles. The number of esters is 2. The van der Waals surface area contributed by atoms with Crippen LogP contribution in [0.25, 0.3) is 0 Å². The summed E-state index contributed by atoms with van der Waals surface area (Å²) < 4.78 is 9.62. The summed E-state index contributed by atoms with van der Waals surface area (Å²) in [5, 5.41) is 0. The quantitative estimate of drug-likeness (QED) is 0.333. The van der Waals surface area contributed by atoms with E-state index in [0.29, 0.717) is 26.0 Å². The number of ether oxygens (including phenoxy) is 2. The second-order valence-electron chi connectivity index (χ2n) is 3.44. The number of hydrogen-bond donors (Lipinski definition) is 0. The van der Waals surface area contributed by atoms with E-state index < -0.39 is 0 Å². The van der Waals surface area contributed by atoms with E-state index in [-0.39, 0.29) is 25.1 Å². The van der Waals surface area contributed by atoms with Crippen molar-refractivity contribution in [2.45, 2.75) is 13.8 Å². The highest BCUT2D eigenvalue weighted by molar-refractivity contribution is 5.71. The molecule has 0 amide bonds. The highest BCUT2D eigenvalue weighted by Gasteiger charge is 2.10. The van der Waals surface area contributed by atoms with E-state index in [9.17, 15) is 14.4 Å². The molecule has 0 unspecified atom stereocenters. The normalized spacial score (nSPS) is 10.6. The van der Waals surface area contributed by atoms with Gasteiger partial charge in [0, 0.05) is 20.0 Å². The molecule has 0 N–H and O–H groups in total. The van der Waals surface area contributed by atoms with Crippen LogP contribution in [0.2, 0.25) is 0 Å². The van der Waals surface area contributed by atoms with Gasteiger partial charge in [0.25, 0.3) is 0 Å². The molecule has 0 aliphatic carbocycles. The van der Waals surface area contributed by atoms with Gasteiger partial charge in [-0.05, 0) is 13.0 Å². The van der Waals surface area contributed by atoms with Gasteiger partial charge in [0.2, 0.25) is 0 Å². The fraction of sp³-hybridized carbons (Fsp3) is 0.583. The van der Waals surface area contributed by atoms with Gasteiger partial charge in [-0.2, -0.15) is 0 Å². The standard InChI is InChI=1S/C12H19NO5/c1-3-17-12(16)10-13(6-4-5-8-14)7-9-18-11(2)15/h4-5,8H,3,6-7,9-10H2,1-2H3. The van der Waals surface area contributed by atoms with E-state index in [4.69, 9.17) is 9.47 Å². The fourth-order valence-electron chi connectivity index (χ4n) is 1.21. The molecule has 0 rings (SSSR count). The average Bonchev–Trinajstić information content (AvgIpc) is 2.28. The number of carbonyl (C=O) groups excluding carboxylic acids is 3. The Hall–Kier alpha value is -1.69. The molecule has 0 aliphatic heterocycles. The summed E-state index contributed by atoms with van der Waals surface area (Å²) >= 11 is 0. The Bertz CT molecular complexity index is 301. The molecule has 0 aromatic rings. The molecule has 18 heavy (non-hydrogen) atoms. The molecule has 6 heteroatoms. The zero-order valence-corrected chi connectivity index (χ0v) is 10.8. The minimum absolute atomic E-state index is 0.0955. The number of rotatable bonds is 9. The maximum atomic E-state index is 11.3. The van der Waals surface area contributed by atoms with E-state index in [1.165, 1.54) is 13.0 Å². The second kappa shape index (κ2) is 10.5. The van der Waals surface area contributed by atoms with Crippen molar-refractivity contribution in [3.05, 3.63) is 12.2 Å². The van der Waals surface area contributed by atoms with Crippen LogP contribution in [0.15, 0.2) is 12.2 Å². The van der Waals surface area contributed by atoms with Gasteiger partial charge < -0.3 is 9.47 Å². The van der Waals surface area contributed by atoms with Crippen molar-refractivity contribution >= 4 is 18.2 Å². The Morgan fingerprint density at radius 3 is 2.56 bits per heavy atom. The maximum absolute atomic E-state index is 11.3. The summed E-state index contributed by atoms with van der Waals surface area (Å²) in [5.41, 5.74) is 0. The molecule has 0 fully saturated rings. The molecule has 0 radical (unpaired) electrons. The van der Waals surface area contributed by atoms with Crippen LogP contribution in [0.1, 0.15) is 13.8 Å². The molecule has 0 saturated carbocycles. The SMILES string of the molecule is CCOC(=O)CN(CC=CC=O)CCOC(C)=O. The third kappa shape index (κ3) is 9.53. The van der Waals surface area contributed by atoms with Crippen LogP contribution in [-0.4, -0.2) is 56.0 Å². The van der Waals surface area contributed by atoms with Crippen molar-refractivity contribution < 1.29 is 23.9 Å². The van der Waals surface area contributed by atoms with E-state index in [1.807, 2.05) is 0 Å². The molecule has 0 saturated heterocycles. The van der Waals surface area contributed by atoms with Crippen molar-refractivity contribution in [2.75, 3.05) is 32.8 Å². The third-order valence-corrected chi connectivity index (χ3v) is 1.95. The molecule has 0 aromatic heterocycles. The molecule has 0 aliphatic rings. The average molecular weight is 257 g/mol. The predicted molar refractivity (Wildman–Crippen MR) is 64.9 cm³/mol. The lowest BCUT2D eigenvalue weighted by Crippen LogP contribution is -2.34. The zero-order valence-electron chi connectivity index (χ0n) is 10.8. The van der Waals surface area contributed by atoms with E-state index in [2.05, 4.69) is 0 Å². The van der Waals surface area contributed by atoms with Gasteiger partial charge >= 0.3 is 11.9 Å². The number of hydrogen-bond acceptors (Lipinski definition) is 6. The first kappa shape index (κ1) is 16.3. The monoisotopic (exact) mass is 257 g/mol. The lowest BCUT2D eigenvalue weighted by molar-refractivity contribution is -0.144. The largest absolute Gasteiger partial charge is 0.465 e. The maximum Gasteiger partial charge on any atom is 0.320 e. The molecule has 102 valence electrons. The van der Waals surface area contributed by atoms with Crippen molar-refractivity contribution in [1.29, 1.82) is 0 Å². The van der Waals surface area contributed by atoms with Gasteiger partial charge in [-0.25, -0.2) is 0 Å². The number of allylic oxidation sites excluding steroid dienone is 1. The lowest BCUT2D eigenvalue weighted by atomic mass is 10.4. The van der Waals surface area contributed by atoms with Crippen LogP contribution in [0.4, 0.5) is 0 Å². The molecule has 6 nitrogen and oxygen atoms in total. The second-order valence-corrected chi connectivity index (χ2v) is 3.44. The molecule has 0 bridgehead atoms. The number of nitrogens with zero attached hydrogens (tertiary/aromatic N) is 1. The minimum atomic E-state index is -0.366.